The highest BCUT2D eigenvalue weighted by molar-refractivity contribution is 5.22. The summed E-state index contributed by atoms with van der Waals surface area (Å²) in [7, 11) is 0. The fourth-order valence-electron chi connectivity index (χ4n) is 8.23. The molecule has 0 aromatic heterocycles. The van der Waals surface area contributed by atoms with Crippen molar-refractivity contribution in [2.75, 3.05) is 0 Å². The average molecular weight is 258 g/mol. The van der Waals surface area contributed by atoms with Gasteiger partial charge in [-0.25, -0.2) is 0 Å². The van der Waals surface area contributed by atoms with Gasteiger partial charge in [0.1, 0.15) is 0 Å². The van der Waals surface area contributed by atoms with Crippen molar-refractivity contribution in [3.8, 4) is 0 Å². The van der Waals surface area contributed by atoms with Crippen LogP contribution in [-0.4, -0.2) is 0 Å². The first-order valence-corrected chi connectivity index (χ1v) is 9.09. The molecule has 1 spiro atoms. The predicted molar refractivity (Wildman–Crippen MR) is 78.8 cm³/mol. The predicted octanol–water partition coefficient (Wildman–Crippen LogP) is 5.42. The number of rotatable bonds is 0. The van der Waals surface area contributed by atoms with Gasteiger partial charge in [0.25, 0.3) is 0 Å². The topological polar surface area (TPSA) is 0 Å². The molecule has 0 N–H and O–H groups in total. The van der Waals surface area contributed by atoms with Crippen molar-refractivity contribution >= 4 is 0 Å². The maximum Gasteiger partial charge on any atom is -0.0209 e. The van der Waals surface area contributed by atoms with Gasteiger partial charge in [-0.15, -0.1) is 0 Å². The van der Waals surface area contributed by atoms with E-state index in [1.807, 2.05) is 0 Å². The molecule has 5 aliphatic carbocycles. The quantitative estimate of drug-likeness (QED) is 0.544. The van der Waals surface area contributed by atoms with Crippen LogP contribution < -0.4 is 0 Å². The van der Waals surface area contributed by atoms with Crippen molar-refractivity contribution in [2.24, 2.45) is 39.9 Å². The van der Waals surface area contributed by atoms with Crippen LogP contribution in [0, 0.1) is 39.9 Å². The van der Waals surface area contributed by atoms with Crippen LogP contribution in [0.4, 0.5) is 0 Å². The Labute approximate surface area is 118 Å². The monoisotopic (exact) mass is 258 g/mol. The Balaban J connectivity index is 1.53. The van der Waals surface area contributed by atoms with Crippen LogP contribution in [0.15, 0.2) is 0 Å². The third-order valence-corrected chi connectivity index (χ3v) is 9.34. The van der Waals surface area contributed by atoms with Crippen LogP contribution >= 0.6 is 0 Å². The zero-order chi connectivity index (χ0) is 12.9. The number of hydrogen-bond acceptors (Lipinski definition) is 0. The van der Waals surface area contributed by atoms with Crippen molar-refractivity contribution in [2.45, 2.75) is 78.1 Å². The van der Waals surface area contributed by atoms with Gasteiger partial charge in [-0.2, -0.15) is 0 Å². The molecular weight excluding hydrogens is 228 g/mol. The fraction of sp³-hybridized carbons (Fsp3) is 1.00. The fourth-order valence-corrected chi connectivity index (χ4v) is 8.23. The van der Waals surface area contributed by atoms with Gasteiger partial charge >= 0.3 is 0 Å². The molecule has 0 unspecified atom stereocenters. The lowest BCUT2D eigenvalue weighted by Crippen LogP contribution is -2.50. The Hall–Kier alpha value is 0. The van der Waals surface area contributed by atoms with Gasteiger partial charge in [0.15, 0.2) is 0 Å². The van der Waals surface area contributed by atoms with E-state index < -0.39 is 0 Å². The van der Waals surface area contributed by atoms with Crippen molar-refractivity contribution in [3.05, 3.63) is 0 Å². The van der Waals surface area contributed by atoms with E-state index in [-0.39, 0.29) is 0 Å². The van der Waals surface area contributed by atoms with Gasteiger partial charge in [-0.05, 0) is 97.7 Å². The van der Waals surface area contributed by atoms with Gasteiger partial charge in [0.2, 0.25) is 0 Å². The van der Waals surface area contributed by atoms with E-state index in [4.69, 9.17) is 0 Å². The number of hydrogen-bond donors (Lipinski definition) is 0. The molecule has 5 fully saturated rings. The first-order valence-electron chi connectivity index (χ1n) is 9.09. The maximum absolute atomic E-state index is 2.73. The summed E-state index contributed by atoms with van der Waals surface area (Å²) in [6, 6.07) is 0. The van der Waals surface area contributed by atoms with Crippen LogP contribution in [0.5, 0.6) is 0 Å². The Bertz CT molecular complexity index is 426. The molecule has 0 heterocycles. The second-order valence-electron chi connectivity index (χ2n) is 9.51. The lowest BCUT2D eigenvalue weighted by atomic mass is 9.47. The van der Waals surface area contributed by atoms with Gasteiger partial charge in [-0.3, -0.25) is 0 Å². The SMILES string of the molecule is C[C@@]12CCC[C@H]1[C@@H]1CC[C@]34C[C@@H]3CC[C@]4(C)[C@H]1CC2. The van der Waals surface area contributed by atoms with Crippen molar-refractivity contribution in [1.29, 1.82) is 0 Å². The van der Waals surface area contributed by atoms with Gasteiger partial charge < -0.3 is 0 Å². The first-order chi connectivity index (χ1) is 9.09. The molecule has 0 saturated heterocycles. The van der Waals surface area contributed by atoms with Crippen LogP contribution in [-0.2, 0) is 0 Å². The molecule has 0 aliphatic heterocycles. The van der Waals surface area contributed by atoms with Gasteiger partial charge in [0, 0.05) is 0 Å². The zero-order valence-corrected chi connectivity index (χ0v) is 12.9. The van der Waals surface area contributed by atoms with E-state index >= 15 is 0 Å². The largest absolute Gasteiger partial charge is 0.0594 e. The number of fused-ring (bicyclic) bond motifs is 4. The lowest BCUT2D eigenvalue weighted by Gasteiger charge is -2.58. The molecule has 0 radical (unpaired) electrons. The third-order valence-electron chi connectivity index (χ3n) is 9.34. The summed E-state index contributed by atoms with van der Waals surface area (Å²) in [6.45, 7) is 5.37. The molecule has 0 heteroatoms. The summed E-state index contributed by atoms with van der Waals surface area (Å²) in [6.07, 6.45) is 15.8. The summed E-state index contributed by atoms with van der Waals surface area (Å²) in [5.74, 6) is 4.51. The van der Waals surface area contributed by atoms with Gasteiger partial charge in [-0.1, -0.05) is 20.3 Å². The molecule has 19 heavy (non-hydrogen) atoms. The third kappa shape index (κ3) is 1.16. The molecule has 0 nitrogen and oxygen atoms in total. The molecule has 0 amide bonds. The Morgan fingerprint density at radius 3 is 2.53 bits per heavy atom. The van der Waals surface area contributed by atoms with Crippen molar-refractivity contribution in [3.63, 3.8) is 0 Å². The van der Waals surface area contributed by atoms with Crippen LogP contribution in [0.2, 0.25) is 0 Å². The molecule has 5 rings (SSSR count). The second kappa shape index (κ2) is 3.25. The minimum atomic E-state index is 0.754. The summed E-state index contributed by atoms with van der Waals surface area (Å²) < 4.78 is 0. The van der Waals surface area contributed by atoms with E-state index in [0.717, 1.165) is 39.9 Å². The second-order valence-corrected chi connectivity index (χ2v) is 9.51. The molecule has 5 saturated carbocycles. The highest BCUT2D eigenvalue weighted by Crippen LogP contribution is 2.81. The molecule has 7 atom stereocenters. The first kappa shape index (κ1) is 11.6. The molecule has 106 valence electrons. The minimum Gasteiger partial charge on any atom is -0.0594 e. The Morgan fingerprint density at radius 2 is 1.68 bits per heavy atom. The van der Waals surface area contributed by atoms with E-state index in [1.54, 1.807) is 57.8 Å². The van der Waals surface area contributed by atoms with E-state index in [2.05, 4.69) is 13.8 Å². The molecular formula is C19H30. The smallest absolute Gasteiger partial charge is 0.0209 e. The molecule has 0 aromatic carbocycles. The van der Waals surface area contributed by atoms with Crippen molar-refractivity contribution in [1.82, 2.24) is 0 Å². The van der Waals surface area contributed by atoms with E-state index in [9.17, 15) is 0 Å². The summed E-state index contributed by atoms with van der Waals surface area (Å²) in [4.78, 5) is 0. The normalized spacial score (nSPS) is 66.0. The Kier molecular flexibility index (Phi) is 1.99. The highest BCUT2D eigenvalue weighted by Gasteiger charge is 2.73. The molecule has 0 aromatic rings. The van der Waals surface area contributed by atoms with Gasteiger partial charge in [0.05, 0.1) is 0 Å². The lowest BCUT2D eigenvalue weighted by molar-refractivity contribution is -0.0906. The zero-order valence-electron chi connectivity index (χ0n) is 12.9. The van der Waals surface area contributed by atoms with Crippen LogP contribution in [0.3, 0.4) is 0 Å². The van der Waals surface area contributed by atoms with Crippen LogP contribution in [0.25, 0.3) is 0 Å². The summed E-state index contributed by atoms with van der Waals surface area (Å²) in [5, 5.41) is 0. The van der Waals surface area contributed by atoms with Crippen molar-refractivity contribution < 1.29 is 0 Å². The molecule has 0 bridgehead atoms. The standard InChI is InChI=1S/C19H30/c1-17-8-3-4-15(17)14-6-11-19-12-13(19)5-10-18(19,2)16(14)7-9-17/h13-16H,3-12H2,1-2H3/t13-,14-,15-,16-,17-,18+,19-/m0/s1. The van der Waals surface area contributed by atoms with E-state index in [1.165, 1.54) is 6.42 Å². The maximum atomic E-state index is 2.73. The summed E-state index contributed by atoms with van der Waals surface area (Å²) >= 11 is 0. The molecule has 5 aliphatic rings. The average Bonchev–Trinajstić information content (AvgIpc) is 2.83. The van der Waals surface area contributed by atoms with E-state index in [0.29, 0.717) is 0 Å². The van der Waals surface area contributed by atoms with Crippen LogP contribution in [0.1, 0.15) is 78.1 Å². The minimum absolute atomic E-state index is 0.754. The summed E-state index contributed by atoms with van der Waals surface area (Å²) in [5.41, 5.74) is 2.38. The highest BCUT2D eigenvalue weighted by atomic mass is 14.8. The Morgan fingerprint density at radius 1 is 0.789 bits per heavy atom.